The van der Waals surface area contributed by atoms with Gasteiger partial charge in [0.2, 0.25) is 5.91 Å². The Hall–Kier alpha value is -1.68. The zero-order chi connectivity index (χ0) is 14.3. The van der Waals surface area contributed by atoms with Crippen molar-refractivity contribution in [3.8, 4) is 0 Å². The number of fused-ring (bicyclic) bond motifs is 1. The molecule has 2 aromatic rings. The molecule has 2 heterocycles. The molecule has 1 aliphatic heterocycles. The van der Waals surface area contributed by atoms with Gasteiger partial charge in [0.05, 0.1) is 0 Å². The number of hydrogen-bond acceptors (Lipinski definition) is 2. The number of hydrogen-bond donors (Lipinski definition) is 2. The van der Waals surface area contributed by atoms with Crippen molar-refractivity contribution in [2.75, 3.05) is 24.5 Å². The third-order valence-corrected chi connectivity index (χ3v) is 4.08. The lowest BCUT2D eigenvalue weighted by atomic mass is 9.81. The third kappa shape index (κ3) is 2.36. The Morgan fingerprint density at radius 3 is 2.95 bits per heavy atom. The van der Waals surface area contributed by atoms with Crippen LogP contribution in [0.1, 0.15) is 13.8 Å². The van der Waals surface area contributed by atoms with Gasteiger partial charge in [-0.2, -0.15) is 0 Å². The molecule has 0 unspecified atom stereocenters. The van der Waals surface area contributed by atoms with Crippen LogP contribution in [0, 0.1) is 5.41 Å². The summed E-state index contributed by atoms with van der Waals surface area (Å²) in [4.78, 5) is 16.5. The number of benzene rings is 1. The van der Waals surface area contributed by atoms with E-state index in [2.05, 4.69) is 28.2 Å². The maximum atomic E-state index is 11.0. The van der Waals surface area contributed by atoms with Crippen molar-refractivity contribution >= 4 is 34.1 Å². The minimum absolute atomic E-state index is 0.0282. The molecule has 20 heavy (non-hydrogen) atoms. The summed E-state index contributed by atoms with van der Waals surface area (Å²) in [7, 11) is 0. The molecular formula is C15H18ClN3O. The average molecular weight is 292 g/mol. The molecule has 1 aromatic carbocycles. The van der Waals surface area contributed by atoms with Crippen molar-refractivity contribution < 1.29 is 4.79 Å². The average Bonchev–Trinajstić information content (AvgIpc) is 2.80. The number of nitrogens with zero attached hydrogens (tertiary/aromatic N) is 1. The first-order valence-corrected chi connectivity index (χ1v) is 7.11. The molecule has 1 fully saturated rings. The van der Waals surface area contributed by atoms with Crippen LogP contribution in [0.2, 0.25) is 5.02 Å². The molecule has 0 radical (unpaired) electrons. The van der Waals surface area contributed by atoms with Crippen molar-refractivity contribution in [2.45, 2.75) is 13.8 Å². The van der Waals surface area contributed by atoms with Crippen LogP contribution in [-0.4, -0.2) is 30.5 Å². The topological polar surface area (TPSA) is 48.1 Å². The first-order chi connectivity index (χ1) is 9.47. The van der Waals surface area contributed by atoms with Gasteiger partial charge in [-0.15, -0.1) is 0 Å². The van der Waals surface area contributed by atoms with Gasteiger partial charge in [-0.1, -0.05) is 18.5 Å². The molecule has 0 atom stereocenters. The number of aromatic nitrogens is 1. The maximum absolute atomic E-state index is 11.0. The van der Waals surface area contributed by atoms with Crippen LogP contribution in [0.3, 0.4) is 0 Å². The number of aromatic amines is 1. The Morgan fingerprint density at radius 2 is 2.25 bits per heavy atom. The van der Waals surface area contributed by atoms with Gasteiger partial charge < -0.3 is 15.2 Å². The summed E-state index contributed by atoms with van der Waals surface area (Å²) in [5.74, 6) is 0.0282. The van der Waals surface area contributed by atoms with Gasteiger partial charge in [0.15, 0.2) is 0 Å². The fraction of sp³-hybridized carbons (Fsp3) is 0.400. The Morgan fingerprint density at radius 1 is 1.50 bits per heavy atom. The molecule has 4 nitrogen and oxygen atoms in total. The summed E-state index contributed by atoms with van der Waals surface area (Å²) in [6, 6.07) is 6.02. The zero-order valence-corrected chi connectivity index (χ0v) is 12.4. The maximum Gasteiger partial charge on any atom is 0.216 e. The minimum Gasteiger partial charge on any atom is -0.370 e. The van der Waals surface area contributed by atoms with Gasteiger partial charge in [-0.05, 0) is 18.2 Å². The predicted molar refractivity (Wildman–Crippen MR) is 82.3 cm³/mol. The highest BCUT2D eigenvalue weighted by Gasteiger charge is 2.39. The van der Waals surface area contributed by atoms with Crippen molar-refractivity contribution in [2.24, 2.45) is 5.41 Å². The highest BCUT2D eigenvalue weighted by Crippen LogP contribution is 2.38. The van der Waals surface area contributed by atoms with E-state index in [0.29, 0.717) is 0 Å². The summed E-state index contributed by atoms with van der Waals surface area (Å²) in [6.45, 7) is 6.32. The number of carbonyl (C=O) groups is 1. The SMILES string of the molecule is CC(=O)NCC1(C)CN(c2cc(Cl)cc3[nH]ccc23)C1. The number of amides is 1. The molecule has 106 valence electrons. The molecule has 1 aliphatic rings. The number of halogens is 1. The number of rotatable bonds is 3. The third-order valence-electron chi connectivity index (χ3n) is 3.86. The predicted octanol–water partition coefficient (Wildman–Crippen LogP) is 2.78. The summed E-state index contributed by atoms with van der Waals surface area (Å²) in [6.07, 6.45) is 1.93. The summed E-state index contributed by atoms with van der Waals surface area (Å²) in [5, 5.41) is 4.84. The second kappa shape index (κ2) is 4.70. The van der Waals surface area contributed by atoms with E-state index in [1.54, 1.807) is 6.92 Å². The van der Waals surface area contributed by atoms with Gasteiger partial charge in [0, 0.05) is 59.8 Å². The van der Waals surface area contributed by atoms with E-state index in [1.807, 2.05) is 18.3 Å². The zero-order valence-electron chi connectivity index (χ0n) is 11.7. The molecular weight excluding hydrogens is 274 g/mol. The summed E-state index contributed by atoms with van der Waals surface area (Å²) in [5.41, 5.74) is 2.35. The quantitative estimate of drug-likeness (QED) is 0.913. The number of carbonyl (C=O) groups excluding carboxylic acids is 1. The Kier molecular flexibility index (Phi) is 3.13. The molecule has 0 spiro atoms. The lowest BCUT2D eigenvalue weighted by molar-refractivity contribution is -0.119. The fourth-order valence-electron chi connectivity index (χ4n) is 2.87. The lowest BCUT2D eigenvalue weighted by Gasteiger charge is -2.49. The van der Waals surface area contributed by atoms with E-state index in [9.17, 15) is 4.79 Å². The van der Waals surface area contributed by atoms with Crippen LogP contribution < -0.4 is 10.2 Å². The standard InChI is InChI=1S/C15H18ClN3O/c1-10(20)18-7-15(2)8-19(9-15)14-6-11(16)5-13-12(14)3-4-17-13/h3-6,17H,7-9H2,1-2H3,(H,18,20). The van der Waals surface area contributed by atoms with Gasteiger partial charge in [0.25, 0.3) is 0 Å². The minimum atomic E-state index is 0.0282. The van der Waals surface area contributed by atoms with Crippen LogP contribution in [-0.2, 0) is 4.79 Å². The molecule has 2 N–H and O–H groups in total. The Bertz CT molecular complexity index is 658. The van der Waals surface area contributed by atoms with E-state index in [4.69, 9.17) is 11.6 Å². The van der Waals surface area contributed by atoms with Gasteiger partial charge in [-0.3, -0.25) is 4.79 Å². The van der Waals surface area contributed by atoms with Crippen LogP contribution in [0.25, 0.3) is 10.9 Å². The fourth-order valence-corrected chi connectivity index (χ4v) is 3.08. The molecule has 1 saturated heterocycles. The van der Waals surface area contributed by atoms with Crippen LogP contribution >= 0.6 is 11.6 Å². The molecule has 3 rings (SSSR count). The van der Waals surface area contributed by atoms with Crippen molar-refractivity contribution in [3.63, 3.8) is 0 Å². The molecule has 1 amide bonds. The van der Waals surface area contributed by atoms with Crippen molar-refractivity contribution in [1.29, 1.82) is 0 Å². The van der Waals surface area contributed by atoms with E-state index >= 15 is 0 Å². The Balaban J connectivity index is 1.78. The summed E-state index contributed by atoms with van der Waals surface area (Å²) < 4.78 is 0. The van der Waals surface area contributed by atoms with Crippen LogP contribution in [0.4, 0.5) is 5.69 Å². The normalized spacial score (nSPS) is 17.1. The molecule has 0 saturated carbocycles. The number of nitrogens with one attached hydrogen (secondary N) is 2. The van der Waals surface area contributed by atoms with Gasteiger partial charge in [-0.25, -0.2) is 0 Å². The highest BCUT2D eigenvalue weighted by atomic mass is 35.5. The van der Waals surface area contributed by atoms with Gasteiger partial charge >= 0.3 is 0 Å². The highest BCUT2D eigenvalue weighted by molar-refractivity contribution is 6.31. The van der Waals surface area contributed by atoms with Gasteiger partial charge in [0.1, 0.15) is 0 Å². The van der Waals surface area contributed by atoms with E-state index in [1.165, 1.54) is 5.39 Å². The van der Waals surface area contributed by atoms with E-state index in [0.717, 1.165) is 35.9 Å². The smallest absolute Gasteiger partial charge is 0.216 e. The first kappa shape index (κ1) is 13.3. The molecule has 0 bridgehead atoms. The lowest BCUT2D eigenvalue weighted by Crippen LogP contribution is -2.59. The first-order valence-electron chi connectivity index (χ1n) is 6.73. The molecule has 1 aromatic heterocycles. The van der Waals surface area contributed by atoms with E-state index in [-0.39, 0.29) is 11.3 Å². The second-order valence-corrected chi connectivity index (χ2v) is 6.38. The monoisotopic (exact) mass is 291 g/mol. The van der Waals surface area contributed by atoms with Crippen molar-refractivity contribution in [1.82, 2.24) is 10.3 Å². The number of H-pyrrole nitrogens is 1. The van der Waals surface area contributed by atoms with Crippen LogP contribution in [0.15, 0.2) is 24.4 Å². The van der Waals surface area contributed by atoms with Crippen LogP contribution in [0.5, 0.6) is 0 Å². The Labute approximate surface area is 123 Å². The van der Waals surface area contributed by atoms with E-state index < -0.39 is 0 Å². The largest absolute Gasteiger partial charge is 0.370 e. The van der Waals surface area contributed by atoms with Crippen molar-refractivity contribution in [3.05, 3.63) is 29.4 Å². The summed E-state index contributed by atoms with van der Waals surface area (Å²) >= 11 is 6.18. The number of anilines is 1. The molecule has 5 heteroatoms. The molecule has 0 aliphatic carbocycles. The second-order valence-electron chi connectivity index (χ2n) is 5.94.